The predicted molar refractivity (Wildman–Crippen MR) is 51.5 cm³/mol. The van der Waals surface area contributed by atoms with Crippen LogP contribution in [-0.2, 0) is 14.3 Å². The van der Waals surface area contributed by atoms with Gasteiger partial charge < -0.3 is 9.47 Å². The number of esters is 1. The van der Waals surface area contributed by atoms with Crippen molar-refractivity contribution in [2.45, 2.75) is 32.8 Å². The molecule has 0 spiro atoms. The van der Waals surface area contributed by atoms with Gasteiger partial charge in [-0.25, -0.2) is 0 Å². The first kappa shape index (κ1) is 12.2. The third kappa shape index (κ3) is 7.53. The third-order valence-corrected chi connectivity index (χ3v) is 1.53. The van der Waals surface area contributed by atoms with E-state index >= 15 is 0 Å². The van der Waals surface area contributed by atoms with Crippen molar-refractivity contribution < 1.29 is 14.3 Å². The summed E-state index contributed by atoms with van der Waals surface area (Å²) in [5.41, 5.74) is 0. The predicted octanol–water partition coefficient (Wildman–Crippen LogP) is 1.92. The van der Waals surface area contributed by atoms with Crippen LogP contribution in [0.4, 0.5) is 0 Å². The highest BCUT2D eigenvalue weighted by molar-refractivity contribution is 5.65. The molecule has 1 unspecified atom stereocenters. The molecule has 0 aromatic rings. The van der Waals surface area contributed by atoms with Gasteiger partial charge in [-0.15, -0.1) is 6.58 Å². The van der Waals surface area contributed by atoms with Crippen LogP contribution in [0.3, 0.4) is 0 Å². The van der Waals surface area contributed by atoms with Gasteiger partial charge in [0.1, 0.15) is 6.61 Å². The van der Waals surface area contributed by atoms with Crippen molar-refractivity contribution >= 4 is 5.97 Å². The van der Waals surface area contributed by atoms with E-state index in [-0.39, 0.29) is 12.1 Å². The van der Waals surface area contributed by atoms with Crippen molar-refractivity contribution in [2.75, 3.05) is 13.2 Å². The van der Waals surface area contributed by atoms with Gasteiger partial charge in [0, 0.05) is 6.92 Å². The zero-order valence-corrected chi connectivity index (χ0v) is 8.41. The van der Waals surface area contributed by atoms with E-state index in [9.17, 15) is 4.79 Å². The van der Waals surface area contributed by atoms with Crippen molar-refractivity contribution in [1.29, 1.82) is 0 Å². The molecule has 0 fully saturated rings. The number of ether oxygens (including phenoxy) is 2. The maximum absolute atomic E-state index is 10.5. The number of carbonyl (C=O) groups excluding carboxylic acids is 1. The zero-order valence-electron chi connectivity index (χ0n) is 8.41. The molecule has 3 heteroatoms. The molecule has 3 nitrogen and oxygen atoms in total. The molecule has 0 aromatic heterocycles. The van der Waals surface area contributed by atoms with E-state index < -0.39 is 0 Å². The lowest BCUT2D eigenvalue weighted by Gasteiger charge is -2.15. The Labute approximate surface area is 79.7 Å². The number of rotatable bonds is 7. The van der Waals surface area contributed by atoms with Gasteiger partial charge >= 0.3 is 5.97 Å². The Bertz CT molecular complexity index is 154. The summed E-state index contributed by atoms with van der Waals surface area (Å²) in [6, 6.07) is 0. The molecular formula is C10H18O3. The van der Waals surface area contributed by atoms with Crippen LogP contribution in [0.2, 0.25) is 0 Å². The highest BCUT2D eigenvalue weighted by Gasteiger charge is 2.08. The number of hydrogen-bond donors (Lipinski definition) is 0. The lowest BCUT2D eigenvalue weighted by Crippen LogP contribution is -2.21. The highest BCUT2D eigenvalue weighted by Crippen LogP contribution is 2.03. The second kappa shape index (κ2) is 7.80. The summed E-state index contributed by atoms with van der Waals surface area (Å²) in [5.74, 6) is -0.261. The Morgan fingerprint density at radius 2 is 2.31 bits per heavy atom. The smallest absolute Gasteiger partial charge is 0.302 e. The minimum absolute atomic E-state index is 0.00639. The lowest BCUT2D eigenvalue weighted by atomic mass is 10.2. The molecule has 13 heavy (non-hydrogen) atoms. The molecule has 0 saturated heterocycles. The van der Waals surface area contributed by atoms with Gasteiger partial charge in [0.15, 0.2) is 0 Å². The van der Waals surface area contributed by atoms with E-state index in [2.05, 4.69) is 13.5 Å². The summed E-state index contributed by atoms with van der Waals surface area (Å²) in [6.45, 7) is 7.87. The summed E-state index contributed by atoms with van der Waals surface area (Å²) in [7, 11) is 0. The molecule has 0 N–H and O–H groups in total. The van der Waals surface area contributed by atoms with Gasteiger partial charge in [-0.2, -0.15) is 0 Å². The average molecular weight is 186 g/mol. The third-order valence-electron chi connectivity index (χ3n) is 1.53. The van der Waals surface area contributed by atoms with Crippen LogP contribution in [0.5, 0.6) is 0 Å². The summed E-state index contributed by atoms with van der Waals surface area (Å²) in [5, 5.41) is 0. The van der Waals surface area contributed by atoms with Crippen molar-refractivity contribution in [1.82, 2.24) is 0 Å². The van der Waals surface area contributed by atoms with E-state index in [0.29, 0.717) is 13.2 Å². The molecule has 0 heterocycles. The molecule has 0 radical (unpaired) electrons. The molecule has 0 aromatic carbocycles. The molecular weight excluding hydrogens is 168 g/mol. The summed E-state index contributed by atoms with van der Waals surface area (Å²) in [6.07, 6.45) is 3.62. The fraction of sp³-hybridized carbons (Fsp3) is 0.700. The van der Waals surface area contributed by atoms with E-state index in [1.54, 1.807) is 6.08 Å². The molecule has 76 valence electrons. The van der Waals surface area contributed by atoms with Gasteiger partial charge in [-0.3, -0.25) is 4.79 Å². The van der Waals surface area contributed by atoms with E-state index in [0.717, 1.165) is 12.8 Å². The Morgan fingerprint density at radius 3 is 2.77 bits per heavy atom. The minimum atomic E-state index is -0.261. The standard InChI is InChI=1S/C10H18O3/c1-4-6-10(12-7-5-2)8-13-9(3)11/h5,10H,2,4,6-8H2,1,3H3. The van der Waals surface area contributed by atoms with Crippen LogP contribution < -0.4 is 0 Å². The Kier molecular flexibility index (Phi) is 7.30. The number of carbonyl (C=O) groups is 1. The van der Waals surface area contributed by atoms with Crippen molar-refractivity contribution in [3.05, 3.63) is 12.7 Å². The first-order valence-corrected chi connectivity index (χ1v) is 4.56. The maximum Gasteiger partial charge on any atom is 0.302 e. The summed E-state index contributed by atoms with van der Waals surface area (Å²) >= 11 is 0. The average Bonchev–Trinajstić information content (AvgIpc) is 2.09. The van der Waals surface area contributed by atoms with Gasteiger partial charge in [-0.05, 0) is 6.42 Å². The Morgan fingerprint density at radius 1 is 1.62 bits per heavy atom. The fourth-order valence-corrected chi connectivity index (χ4v) is 0.951. The highest BCUT2D eigenvalue weighted by atomic mass is 16.6. The largest absolute Gasteiger partial charge is 0.463 e. The molecule has 0 aliphatic rings. The second-order valence-corrected chi connectivity index (χ2v) is 2.84. The van der Waals surface area contributed by atoms with Crippen LogP contribution in [0.15, 0.2) is 12.7 Å². The van der Waals surface area contributed by atoms with Crippen LogP contribution in [0, 0.1) is 0 Å². The molecule has 0 amide bonds. The molecule has 0 saturated carbocycles. The Balaban J connectivity index is 3.65. The van der Waals surface area contributed by atoms with E-state index in [1.807, 2.05) is 0 Å². The molecule has 0 aliphatic carbocycles. The van der Waals surface area contributed by atoms with Crippen LogP contribution in [0.25, 0.3) is 0 Å². The van der Waals surface area contributed by atoms with Crippen molar-refractivity contribution in [3.8, 4) is 0 Å². The fourth-order valence-electron chi connectivity index (χ4n) is 0.951. The molecule has 0 rings (SSSR count). The normalized spacial score (nSPS) is 12.2. The summed E-state index contributed by atoms with van der Waals surface area (Å²) < 4.78 is 10.2. The molecule has 1 atom stereocenters. The van der Waals surface area contributed by atoms with Gasteiger partial charge in [0.05, 0.1) is 12.7 Å². The number of hydrogen-bond acceptors (Lipinski definition) is 3. The quantitative estimate of drug-likeness (QED) is 0.450. The zero-order chi connectivity index (χ0) is 10.1. The van der Waals surface area contributed by atoms with Crippen LogP contribution in [-0.4, -0.2) is 25.3 Å². The van der Waals surface area contributed by atoms with E-state index in [1.165, 1.54) is 6.92 Å². The topological polar surface area (TPSA) is 35.5 Å². The van der Waals surface area contributed by atoms with Crippen molar-refractivity contribution in [3.63, 3.8) is 0 Å². The summed E-state index contributed by atoms with van der Waals surface area (Å²) in [4.78, 5) is 10.5. The first-order valence-electron chi connectivity index (χ1n) is 4.56. The second-order valence-electron chi connectivity index (χ2n) is 2.84. The lowest BCUT2D eigenvalue weighted by molar-refractivity contribution is -0.145. The minimum Gasteiger partial charge on any atom is -0.463 e. The SMILES string of the molecule is C=CCOC(CCC)COC(C)=O. The van der Waals surface area contributed by atoms with Crippen LogP contribution in [0.1, 0.15) is 26.7 Å². The van der Waals surface area contributed by atoms with Crippen LogP contribution >= 0.6 is 0 Å². The van der Waals surface area contributed by atoms with E-state index in [4.69, 9.17) is 9.47 Å². The van der Waals surface area contributed by atoms with Crippen molar-refractivity contribution in [2.24, 2.45) is 0 Å². The maximum atomic E-state index is 10.5. The van der Waals surface area contributed by atoms with Gasteiger partial charge in [0.25, 0.3) is 0 Å². The Hall–Kier alpha value is -0.830. The van der Waals surface area contributed by atoms with Gasteiger partial charge in [0.2, 0.25) is 0 Å². The van der Waals surface area contributed by atoms with Gasteiger partial charge in [-0.1, -0.05) is 19.4 Å². The monoisotopic (exact) mass is 186 g/mol. The molecule has 0 bridgehead atoms. The first-order chi connectivity index (χ1) is 6.20. The molecule has 0 aliphatic heterocycles.